The maximum absolute atomic E-state index is 12.0. The highest BCUT2D eigenvalue weighted by atomic mass is 16.3. The van der Waals surface area contributed by atoms with Crippen LogP contribution in [0.3, 0.4) is 0 Å². The van der Waals surface area contributed by atoms with Gasteiger partial charge >= 0.3 is 0 Å². The van der Waals surface area contributed by atoms with Crippen LogP contribution in [0.1, 0.15) is 11.1 Å². The fourth-order valence-corrected chi connectivity index (χ4v) is 1.93. The normalized spacial score (nSPS) is 12.1. The topological polar surface area (TPSA) is 63.3 Å². The first-order chi connectivity index (χ1) is 9.15. The van der Waals surface area contributed by atoms with Gasteiger partial charge in [-0.15, -0.1) is 0 Å². The summed E-state index contributed by atoms with van der Waals surface area (Å²) in [7, 11) is 0. The van der Waals surface area contributed by atoms with Crippen LogP contribution in [0.5, 0.6) is 5.75 Å². The Morgan fingerprint density at radius 1 is 1.00 bits per heavy atom. The Kier molecular flexibility index (Phi) is 4.31. The molecule has 0 aromatic heterocycles. The molecule has 0 saturated carbocycles. The first kappa shape index (κ1) is 13.3. The van der Waals surface area contributed by atoms with Gasteiger partial charge in [0.05, 0.1) is 6.04 Å². The van der Waals surface area contributed by atoms with Crippen LogP contribution in [0.2, 0.25) is 0 Å². The van der Waals surface area contributed by atoms with Crippen molar-refractivity contribution in [2.45, 2.75) is 18.9 Å². The zero-order valence-electron chi connectivity index (χ0n) is 10.6. The summed E-state index contributed by atoms with van der Waals surface area (Å²) in [6.45, 7) is 0. The summed E-state index contributed by atoms with van der Waals surface area (Å²) in [5, 5.41) is 9.20. The Labute approximate surface area is 112 Å². The second-order valence-corrected chi connectivity index (χ2v) is 4.61. The molecule has 98 valence electrons. The van der Waals surface area contributed by atoms with E-state index in [4.69, 9.17) is 5.73 Å². The molecule has 0 aliphatic rings. The van der Waals surface area contributed by atoms with Crippen LogP contribution >= 0.6 is 0 Å². The van der Waals surface area contributed by atoms with Gasteiger partial charge in [-0.3, -0.25) is 4.79 Å². The molecule has 0 heterocycles. The van der Waals surface area contributed by atoms with Gasteiger partial charge in [-0.2, -0.15) is 0 Å². The van der Waals surface area contributed by atoms with Gasteiger partial charge in [0, 0.05) is 6.42 Å². The quantitative estimate of drug-likeness (QED) is 0.859. The van der Waals surface area contributed by atoms with Crippen LogP contribution in [0, 0.1) is 0 Å². The molecule has 0 amide bonds. The van der Waals surface area contributed by atoms with Crippen LogP contribution in [-0.2, 0) is 17.6 Å². The first-order valence-electron chi connectivity index (χ1n) is 6.25. The highest BCUT2D eigenvalue weighted by molar-refractivity contribution is 5.86. The van der Waals surface area contributed by atoms with E-state index in [0.717, 1.165) is 11.1 Å². The molecule has 0 fully saturated rings. The molecule has 0 bridgehead atoms. The van der Waals surface area contributed by atoms with Gasteiger partial charge in [-0.1, -0.05) is 42.5 Å². The number of carbonyl (C=O) groups excluding carboxylic acids is 1. The minimum absolute atomic E-state index is 0.0271. The molecule has 2 aromatic rings. The number of phenolic OH excluding ortho intramolecular Hbond substituents is 1. The van der Waals surface area contributed by atoms with E-state index in [1.807, 2.05) is 30.3 Å². The van der Waals surface area contributed by atoms with Crippen LogP contribution in [-0.4, -0.2) is 16.9 Å². The lowest BCUT2D eigenvalue weighted by atomic mass is 9.98. The van der Waals surface area contributed by atoms with Gasteiger partial charge in [-0.25, -0.2) is 0 Å². The molecule has 19 heavy (non-hydrogen) atoms. The molecular weight excluding hydrogens is 238 g/mol. The maximum atomic E-state index is 12.0. The molecule has 0 aliphatic heterocycles. The minimum Gasteiger partial charge on any atom is -0.508 e. The lowest BCUT2D eigenvalue weighted by Crippen LogP contribution is -2.33. The van der Waals surface area contributed by atoms with Crippen LogP contribution < -0.4 is 5.73 Å². The summed E-state index contributed by atoms with van der Waals surface area (Å²) in [6.07, 6.45) is 0.853. The Balaban J connectivity index is 1.94. The van der Waals surface area contributed by atoms with Crippen molar-refractivity contribution in [3.63, 3.8) is 0 Å². The number of carbonyl (C=O) groups is 1. The molecule has 3 nitrogen and oxygen atoms in total. The molecule has 0 saturated heterocycles. The van der Waals surface area contributed by atoms with Gasteiger partial charge < -0.3 is 10.8 Å². The van der Waals surface area contributed by atoms with Crippen molar-refractivity contribution >= 4 is 5.78 Å². The molecule has 1 atom stereocenters. The SMILES string of the molecule is NC(Cc1ccc(O)cc1)C(=O)Cc1ccccc1. The number of phenols is 1. The van der Waals surface area contributed by atoms with Gasteiger partial charge in [0.15, 0.2) is 5.78 Å². The van der Waals surface area contributed by atoms with E-state index < -0.39 is 6.04 Å². The van der Waals surface area contributed by atoms with Crippen molar-refractivity contribution in [3.05, 3.63) is 65.7 Å². The summed E-state index contributed by atoms with van der Waals surface area (Å²) < 4.78 is 0. The van der Waals surface area contributed by atoms with Crippen molar-refractivity contribution in [3.8, 4) is 5.75 Å². The number of rotatable bonds is 5. The monoisotopic (exact) mass is 255 g/mol. The molecule has 0 spiro atoms. The number of ketones is 1. The van der Waals surface area contributed by atoms with Crippen molar-refractivity contribution in [1.29, 1.82) is 0 Å². The third kappa shape index (κ3) is 3.93. The van der Waals surface area contributed by atoms with Gasteiger partial charge in [0.1, 0.15) is 5.75 Å². The van der Waals surface area contributed by atoms with E-state index in [0.29, 0.717) is 12.8 Å². The summed E-state index contributed by atoms with van der Waals surface area (Å²) in [5.74, 6) is 0.243. The molecule has 2 rings (SSSR count). The van der Waals surface area contributed by atoms with Crippen molar-refractivity contribution < 1.29 is 9.90 Å². The third-order valence-corrected chi connectivity index (χ3v) is 3.03. The molecule has 1 unspecified atom stereocenters. The van der Waals surface area contributed by atoms with E-state index in [-0.39, 0.29) is 11.5 Å². The Hall–Kier alpha value is -2.13. The van der Waals surface area contributed by atoms with Gasteiger partial charge in [0.2, 0.25) is 0 Å². The lowest BCUT2D eigenvalue weighted by Gasteiger charge is -2.10. The Morgan fingerprint density at radius 2 is 1.63 bits per heavy atom. The number of Topliss-reactive ketones (excluding diaryl/α,β-unsaturated/α-hetero) is 1. The number of hydrogen-bond donors (Lipinski definition) is 2. The second kappa shape index (κ2) is 6.16. The smallest absolute Gasteiger partial charge is 0.154 e. The fraction of sp³-hybridized carbons (Fsp3) is 0.188. The fourth-order valence-electron chi connectivity index (χ4n) is 1.93. The van der Waals surface area contributed by atoms with E-state index >= 15 is 0 Å². The first-order valence-corrected chi connectivity index (χ1v) is 6.25. The van der Waals surface area contributed by atoms with E-state index in [1.54, 1.807) is 24.3 Å². The molecule has 3 heteroatoms. The van der Waals surface area contributed by atoms with E-state index in [2.05, 4.69) is 0 Å². The largest absolute Gasteiger partial charge is 0.508 e. The molecule has 2 aromatic carbocycles. The summed E-state index contributed by atoms with van der Waals surface area (Å²) in [4.78, 5) is 12.0. The van der Waals surface area contributed by atoms with Gasteiger partial charge in [-0.05, 0) is 29.7 Å². The second-order valence-electron chi connectivity index (χ2n) is 4.61. The molecular formula is C16H17NO2. The zero-order chi connectivity index (χ0) is 13.7. The zero-order valence-corrected chi connectivity index (χ0v) is 10.6. The number of hydrogen-bond acceptors (Lipinski definition) is 3. The number of aromatic hydroxyl groups is 1. The van der Waals surface area contributed by atoms with Crippen molar-refractivity contribution in [1.82, 2.24) is 0 Å². The predicted molar refractivity (Wildman–Crippen MR) is 74.9 cm³/mol. The maximum Gasteiger partial charge on any atom is 0.154 e. The van der Waals surface area contributed by atoms with Crippen molar-refractivity contribution in [2.24, 2.45) is 5.73 Å². The van der Waals surface area contributed by atoms with Crippen molar-refractivity contribution in [2.75, 3.05) is 0 Å². The predicted octanol–water partition coefficient (Wildman–Crippen LogP) is 2.07. The summed E-state index contributed by atoms with van der Waals surface area (Å²) in [5.41, 5.74) is 7.85. The standard InChI is InChI=1S/C16H17NO2/c17-15(10-13-6-8-14(18)9-7-13)16(19)11-12-4-2-1-3-5-12/h1-9,15,18H,10-11,17H2. The highest BCUT2D eigenvalue weighted by Gasteiger charge is 2.14. The summed E-state index contributed by atoms with van der Waals surface area (Å²) >= 11 is 0. The van der Waals surface area contributed by atoms with E-state index in [9.17, 15) is 9.90 Å². The number of benzene rings is 2. The van der Waals surface area contributed by atoms with Crippen LogP contribution in [0.4, 0.5) is 0 Å². The average Bonchev–Trinajstić information content (AvgIpc) is 2.42. The lowest BCUT2D eigenvalue weighted by molar-refractivity contribution is -0.119. The Morgan fingerprint density at radius 3 is 2.26 bits per heavy atom. The number of nitrogens with two attached hydrogens (primary N) is 1. The highest BCUT2D eigenvalue weighted by Crippen LogP contribution is 2.11. The third-order valence-electron chi connectivity index (χ3n) is 3.03. The van der Waals surface area contributed by atoms with Gasteiger partial charge in [0.25, 0.3) is 0 Å². The van der Waals surface area contributed by atoms with Crippen LogP contribution in [0.25, 0.3) is 0 Å². The van der Waals surface area contributed by atoms with E-state index in [1.165, 1.54) is 0 Å². The molecule has 3 N–H and O–H groups in total. The molecule has 0 radical (unpaired) electrons. The minimum atomic E-state index is -0.509. The van der Waals surface area contributed by atoms with Crippen LogP contribution in [0.15, 0.2) is 54.6 Å². The molecule has 0 aliphatic carbocycles. The Bertz CT molecular complexity index is 534. The summed E-state index contributed by atoms with van der Waals surface area (Å²) in [6, 6.07) is 15.8. The average molecular weight is 255 g/mol.